The van der Waals surface area contributed by atoms with Crippen LogP contribution in [0.3, 0.4) is 0 Å². The van der Waals surface area contributed by atoms with Crippen molar-refractivity contribution in [1.29, 1.82) is 5.26 Å². The van der Waals surface area contributed by atoms with E-state index in [1.54, 1.807) is 0 Å². The summed E-state index contributed by atoms with van der Waals surface area (Å²) in [6, 6.07) is 17.6. The van der Waals surface area contributed by atoms with Gasteiger partial charge in [-0.3, -0.25) is 9.59 Å². The molecule has 2 aromatic rings. The van der Waals surface area contributed by atoms with Crippen LogP contribution in [0.4, 0.5) is 5.69 Å². The van der Waals surface area contributed by atoms with Crippen molar-refractivity contribution >= 4 is 29.3 Å². The van der Waals surface area contributed by atoms with Crippen LogP contribution in [0.25, 0.3) is 0 Å². The molecule has 28 heavy (non-hydrogen) atoms. The Balaban J connectivity index is 1.76. The molecule has 2 N–H and O–H groups in total. The molecule has 0 saturated carbocycles. The highest BCUT2D eigenvalue weighted by atomic mass is 32.2. The zero-order valence-electron chi connectivity index (χ0n) is 15.8. The Morgan fingerprint density at radius 2 is 1.86 bits per heavy atom. The van der Waals surface area contributed by atoms with Gasteiger partial charge in [0.05, 0.1) is 22.4 Å². The number of allylic oxidation sites excluding steroid dienone is 1. The second-order valence-corrected chi connectivity index (χ2v) is 7.66. The molecule has 0 aromatic heterocycles. The normalized spacial score (nSPS) is 16.3. The third-order valence-corrected chi connectivity index (χ3v) is 5.67. The standard InChI is InChI=1S/C22H21N3O2S/c1-14-7-6-8-15(2)21(14)24-20(27)13-28-22-18(12-23)17(11-19(26)25-22)16-9-4-3-5-10-16/h3-10,17H,11,13H2,1-2H3,(H,24,27)(H,25,26)/t17-/m0/s1. The third kappa shape index (κ3) is 4.44. The maximum absolute atomic E-state index is 12.4. The van der Waals surface area contributed by atoms with Crippen molar-refractivity contribution in [1.82, 2.24) is 5.32 Å². The summed E-state index contributed by atoms with van der Waals surface area (Å²) in [5.74, 6) is -0.506. The number of rotatable bonds is 5. The summed E-state index contributed by atoms with van der Waals surface area (Å²) in [6.07, 6.45) is 0.228. The molecular formula is C22H21N3O2S. The first-order chi connectivity index (χ1) is 13.5. The van der Waals surface area contributed by atoms with Gasteiger partial charge in [-0.1, -0.05) is 60.3 Å². The number of carbonyl (C=O) groups excluding carboxylic acids is 2. The Morgan fingerprint density at radius 1 is 1.18 bits per heavy atom. The number of anilines is 1. The van der Waals surface area contributed by atoms with Crippen LogP contribution in [0.15, 0.2) is 59.1 Å². The topological polar surface area (TPSA) is 82.0 Å². The lowest BCUT2D eigenvalue weighted by molar-refractivity contribution is -0.121. The van der Waals surface area contributed by atoms with E-state index in [4.69, 9.17) is 0 Å². The highest BCUT2D eigenvalue weighted by molar-refractivity contribution is 8.03. The number of thioether (sulfide) groups is 1. The minimum Gasteiger partial charge on any atom is -0.325 e. The predicted molar refractivity (Wildman–Crippen MR) is 112 cm³/mol. The molecule has 0 aliphatic carbocycles. The van der Waals surface area contributed by atoms with Gasteiger partial charge in [-0.25, -0.2) is 0 Å². The second kappa shape index (κ2) is 8.77. The first-order valence-electron chi connectivity index (χ1n) is 8.97. The summed E-state index contributed by atoms with van der Waals surface area (Å²) in [6.45, 7) is 3.88. The number of hydrogen-bond acceptors (Lipinski definition) is 4. The molecule has 0 radical (unpaired) electrons. The van der Waals surface area contributed by atoms with Crippen LogP contribution in [0.2, 0.25) is 0 Å². The molecule has 1 atom stereocenters. The number of hydrogen-bond donors (Lipinski definition) is 2. The van der Waals surface area contributed by atoms with Gasteiger partial charge in [-0.05, 0) is 30.5 Å². The van der Waals surface area contributed by atoms with Gasteiger partial charge in [-0.15, -0.1) is 0 Å². The van der Waals surface area contributed by atoms with Crippen LogP contribution < -0.4 is 10.6 Å². The van der Waals surface area contributed by atoms with Crippen LogP contribution in [0.5, 0.6) is 0 Å². The minimum atomic E-state index is -0.288. The number of benzene rings is 2. The molecule has 5 nitrogen and oxygen atoms in total. The van der Waals surface area contributed by atoms with Crippen molar-refractivity contribution in [3.05, 3.63) is 75.8 Å². The summed E-state index contributed by atoms with van der Waals surface area (Å²) >= 11 is 1.18. The SMILES string of the molecule is Cc1cccc(C)c1NC(=O)CSC1=C(C#N)[C@H](c2ccccc2)CC(=O)N1. The number of nitrogens with zero attached hydrogens (tertiary/aromatic N) is 1. The van der Waals surface area contributed by atoms with Gasteiger partial charge in [0.1, 0.15) is 0 Å². The summed E-state index contributed by atoms with van der Waals surface area (Å²) in [7, 11) is 0. The summed E-state index contributed by atoms with van der Waals surface area (Å²) < 4.78 is 0. The van der Waals surface area contributed by atoms with Crippen LogP contribution in [0.1, 0.15) is 29.0 Å². The maximum Gasteiger partial charge on any atom is 0.234 e. The van der Waals surface area contributed by atoms with Gasteiger partial charge in [0, 0.05) is 18.0 Å². The Bertz CT molecular complexity index is 957. The van der Waals surface area contributed by atoms with Gasteiger partial charge in [0.2, 0.25) is 11.8 Å². The first-order valence-corrected chi connectivity index (χ1v) is 9.96. The van der Waals surface area contributed by atoms with Crippen LogP contribution >= 0.6 is 11.8 Å². The highest BCUT2D eigenvalue weighted by Crippen LogP contribution is 2.35. The van der Waals surface area contributed by atoms with Gasteiger partial charge in [0.15, 0.2) is 0 Å². The molecule has 1 heterocycles. The fourth-order valence-electron chi connectivity index (χ4n) is 3.23. The van der Waals surface area contributed by atoms with Crippen molar-refractivity contribution in [2.75, 3.05) is 11.1 Å². The lowest BCUT2D eigenvalue weighted by atomic mass is 9.87. The number of nitriles is 1. The number of carbonyl (C=O) groups is 2. The monoisotopic (exact) mass is 391 g/mol. The zero-order chi connectivity index (χ0) is 20.1. The molecule has 2 amide bonds. The van der Waals surface area contributed by atoms with Crippen LogP contribution in [0, 0.1) is 25.2 Å². The van der Waals surface area contributed by atoms with Crippen molar-refractivity contribution in [2.24, 2.45) is 0 Å². The lowest BCUT2D eigenvalue weighted by Gasteiger charge is -2.25. The number of aryl methyl sites for hydroxylation is 2. The van der Waals surface area contributed by atoms with E-state index in [0.29, 0.717) is 10.6 Å². The van der Waals surface area contributed by atoms with Crippen molar-refractivity contribution in [2.45, 2.75) is 26.2 Å². The number of para-hydroxylation sites is 1. The third-order valence-electron chi connectivity index (χ3n) is 4.65. The highest BCUT2D eigenvalue weighted by Gasteiger charge is 2.29. The van der Waals surface area contributed by atoms with Crippen molar-refractivity contribution in [3.63, 3.8) is 0 Å². The van der Waals surface area contributed by atoms with E-state index in [9.17, 15) is 14.9 Å². The summed E-state index contributed by atoms with van der Waals surface area (Å²) in [5, 5.41) is 15.8. The van der Waals surface area contributed by atoms with Crippen molar-refractivity contribution in [3.8, 4) is 6.07 Å². The second-order valence-electron chi connectivity index (χ2n) is 6.67. The molecule has 0 fully saturated rings. The lowest BCUT2D eigenvalue weighted by Crippen LogP contribution is -2.31. The van der Waals surface area contributed by atoms with E-state index >= 15 is 0 Å². The fourth-order valence-corrected chi connectivity index (χ4v) is 4.10. The molecule has 1 aliphatic rings. The molecule has 3 rings (SSSR count). The Morgan fingerprint density at radius 3 is 2.50 bits per heavy atom. The Labute approximate surface area is 168 Å². The quantitative estimate of drug-likeness (QED) is 0.807. The fraction of sp³-hybridized carbons (Fsp3) is 0.227. The maximum atomic E-state index is 12.4. The molecule has 6 heteroatoms. The predicted octanol–water partition coefficient (Wildman–Crippen LogP) is 4.01. The minimum absolute atomic E-state index is 0.107. The zero-order valence-corrected chi connectivity index (χ0v) is 16.6. The summed E-state index contributed by atoms with van der Waals surface area (Å²) in [4.78, 5) is 24.6. The molecular weight excluding hydrogens is 370 g/mol. The average Bonchev–Trinajstić information content (AvgIpc) is 2.69. The molecule has 0 bridgehead atoms. The van der Waals surface area contributed by atoms with Gasteiger partial charge < -0.3 is 10.6 Å². The molecule has 142 valence electrons. The van der Waals surface area contributed by atoms with Crippen LogP contribution in [-0.4, -0.2) is 17.6 Å². The largest absolute Gasteiger partial charge is 0.325 e. The Hall–Kier alpha value is -3.04. The van der Waals surface area contributed by atoms with E-state index in [-0.39, 0.29) is 29.9 Å². The van der Waals surface area contributed by atoms with Gasteiger partial charge >= 0.3 is 0 Å². The van der Waals surface area contributed by atoms with E-state index < -0.39 is 0 Å². The molecule has 1 aliphatic heterocycles. The Kier molecular flexibility index (Phi) is 6.17. The van der Waals surface area contributed by atoms with E-state index in [1.165, 1.54) is 11.8 Å². The number of nitrogens with one attached hydrogen (secondary N) is 2. The van der Waals surface area contributed by atoms with E-state index in [0.717, 1.165) is 22.4 Å². The van der Waals surface area contributed by atoms with E-state index in [1.807, 2.05) is 62.4 Å². The molecule has 0 saturated heterocycles. The van der Waals surface area contributed by atoms with Gasteiger partial charge in [-0.2, -0.15) is 5.26 Å². The van der Waals surface area contributed by atoms with E-state index in [2.05, 4.69) is 16.7 Å². The number of amides is 2. The van der Waals surface area contributed by atoms with Crippen molar-refractivity contribution < 1.29 is 9.59 Å². The molecule has 0 spiro atoms. The first kappa shape index (κ1) is 19.7. The van der Waals surface area contributed by atoms with Gasteiger partial charge in [0.25, 0.3) is 0 Å². The summed E-state index contributed by atoms with van der Waals surface area (Å²) in [5.41, 5.74) is 4.20. The smallest absolute Gasteiger partial charge is 0.234 e. The average molecular weight is 391 g/mol. The molecule has 0 unspecified atom stereocenters. The molecule has 2 aromatic carbocycles. The van der Waals surface area contributed by atoms with Crippen LogP contribution in [-0.2, 0) is 9.59 Å².